The van der Waals surface area contributed by atoms with Crippen molar-refractivity contribution in [3.05, 3.63) is 22.3 Å². The Labute approximate surface area is 145 Å². The molecule has 2 heterocycles. The summed E-state index contributed by atoms with van der Waals surface area (Å²) in [6, 6.07) is 3.98. The van der Waals surface area contributed by atoms with Gasteiger partial charge in [0.05, 0.1) is 10.8 Å². The Morgan fingerprint density at radius 3 is 2.57 bits per heavy atom. The van der Waals surface area contributed by atoms with E-state index < -0.39 is 10.0 Å². The van der Waals surface area contributed by atoms with Crippen LogP contribution < -0.4 is 4.90 Å². The molecule has 0 N–H and O–H groups in total. The Morgan fingerprint density at radius 1 is 1.35 bits per heavy atom. The van der Waals surface area contributed by atoms with Crippen LogP contribution in [0.2, 0.25) is 0 Å². The van der Waals surface area contributed by atoms with Crippen LogP contribution in [0.25, 0.3) is 0 Å². The van der Waals surface area contributed by atoms with Crippen molar-refractivity contribution in [2.75, 3.05) is 25.0 Å². The number of anilines is 1. The number of rotatable bonds is 4. The standard InChI is InChI=1S/C15H19BrN4O2S/c1-19(23(21,22)14-2-3-14)13-4-6-20(7-5-13)15-11(9-17)8-12(16)10-18-15/h8,10,13-14H,2-7H2,1H3. The van der Waals surface area contributed by atoms with Crippen molar-refractivity contribution in [2.24, 2.45) is 0 Å². The molecule has 6 nitrogen and oxygen atoms in total. The predicted octanol–water partition coefficient (Wildman–Crippen LogP) is 2.11. The number of halogens is 1. The maximum absolute atomic E-state index is 12.3. The van der Waals surface area contributed by atoms with Gasteiger partial charge in [-0.15, -0.1) is 0 Å². The fourth-order valence-electron chi connectivity index (χ4n) is 3.02. The summed E-state index contributed by atoms with van der Waals surface area (Å²) in [5.74, 6) is 0.682. The van der Waals surface area contributed by atoms with Crippen LogP contribution in [0.5, 0.6) is 0 Å². The molecule has 1 aromatic heterocycles. The average molecular weight is 399 g/mol. The third-order valence-corrected chi connectivity index (χ3v) is 7.43. The minimum Gasteiger partial charge on any atom is -0.355 e. The SMILES string of the molecule is CN(C1CCN(c2ncc(Br)cc2C#N)CC1)S(=O)(=O)C1CC1. The predicted molar refractivity (Wildman–Crippen MR) is 91.6 cm³/mol. The Hall–Kier alpha value is -1.17. The zero-order chi connectivity index (χ0) is 16.6. The van der Waals surface area contributed by atoms with Gasteiger partial charge < -0.3 is 4.90 Å². The number of pyridine rings is 1. The number of sulfonamides is 1. The minimum absolute atomic E-state index is 0.0397. The molecule has 1 aliphatic carbocycles. The molecule has 8 heteroatoms. The summed E-state index contributed by atoms with van der Waals surface area (Å²) in [6.45, 7) is 1.41. The third-order valence-electron chi connectivity index (χ3n) is 4.58. The third kappa shape index (κ3) is 3.37. The highest BCUT2D eigenvalue weighted by Crippen LogP contribution is 2.33. The van der Waals surface area contributed by atoms with Crippen molar-refractivity contribution in [1.29, 1.82) is 5.26 Å². The maximum atomic E-state index is 12.3. The van der Waals surface area contributed by atoms with E-state index in [0.717, 1.165) is 30.2 Å². The molecular formula is C15H19BrN4O2S. The monoisotopic (exact) mass is 398 g/mol. The Kier molecular flexibility index (Phi) is 4.63. The Bertz CT molecular complexity index is 734. The van der Waals surface area contributed by atoms with Gasteiger partial charge in [-0.3, -0.25) is 0 Å². The van der Waals surface area contributed by atoms with Crippen molar-refractivity contribution in [1.82, 2.24) is 9.29 Å². The van der Waals surface area contributed by atoms with Crippen molar-refractivity contribution in [3.8, 4) is 6.07 Å². The quantitative estimate of drug-likeness (QED) is 0.775. The number of piperidine rings is 1. The summed E-state index contributed by atoms with van der Waals surface area (Å²) >= 11 is 3.33. The second-order valence-electron chi connectivity index (χ2n) is 6.12. The van der Waals surface area contributed by atoms with Gasteiger partial charge in [0.2, 0.25) is 10.0 Å². The highest BCUT2D eigenvalue weighted by atomic mass is 79.9. The van der Waals surface area contributed by atoms with E-state index in [-0.39, 0.29) is 11.3 Å². The molecule has 1 aromatic rings. The van der Waals surface area contributed by atoms with Gasteiger partial charge >= 0.3 is 0 Å². The van der Waals surface area contributed by atoms with Gasteiger partial charge in [0.1, 0.15) is 11.9 Å². The van der Waals surface area contributed by atoms with Crippen LogP contribution in [0.1, 0.15) is 31.2 Å². The molecule has 2 fully saturated rings. The summed E-state index contributed by atoms with van der Waals surface area (Å²) in [7, 11) is -1.42. The summed E-state index contributed by atoms with van der Waals surface area (Å²) < 4.78 is 27.0. The second-order valence-corrected chi connectivity index (χ2v) is 9.30. The number of hydrogen-bond acceptors (Lipinski definition) is 5. The molecule has 2 aliphatic rings. The first-order chi connectivity index (χ1) is 10.9. The van der Waals surface area contributed by atoms with Gasteiger partial charge in [0.25, 0.3) is 0 Å². The number of hydrogen-bond donors (Lipinski definition) is 0. The molecule has 124 valence electrons. The summed E-state index contributed by atoms with van der Waals surface area (Å²) in [6.07, 6.45) is 4.78. The van der Waals surface area contributed by atoms with Crippen molar-refractivity contribution in [2.45, 2.75) is 37.0 Å². The highest BCUT2D eigenvalue weighted by Gasteiger charge is 2.41. The highest BCUT2D eigenvalue weighted by molar-refractivity contribution is 9.10. The van der Waals surface area contributed by atoms with Crippen LogP contribution in [-0.2, 0) is 10.0 Å². The van der Waals surface area contributed by atoms with Gasteiger partial charge in [-0.1, -0.05) is 0 Å². The summed E-state index contributed by atoms with van der Waals surface area (Å²) in [4.78, 5) is 6.42. The molecule has 0 atom stereocenters. The minimum atomic E-state index is -3.13. The first-order valence-corrected chi connectivity index (χ1v) is 10.0. The topological polar surface area (TPSA) is 77.3 Å². The van der Waals surface area contributed by atoms with Crippen LogP contribution in [0, 0.1) is 11.3 Å². The molecule has 0 spiro atoms. The van der Waals surface area contributed by atoms with Crippen LogP contribution in [0.4, 0.5) is 5.82 Å². The van der Waals surface area contributed by atoms with E-state index in [1.807, 2.05) is 0 Å². The van der Waals surface area contributed by atoms with E-state index in [2.05, 4.69) is 31.9 Å². The Balaban J connectivity index is 1.68. The average Bonchev–Trinajstić information content (AvgIpc) is 3.39. The smallest absolute Gasteiger partial charge is 0.216 e. The van der Waals surface area contributed by atoms with Crippen LogP contribution >= 0.6 is 15.9 Å². The normalized spacial score (nSPS) is 19.8. The molecule has 3 rings (SSSR count). The van der Waals surface area contributed by atoms with Gasteiger partial charge in [-0.05, 0) is 47.7 Å². The first kappa shape index (κ1) is 16.7. The molecule has 0 aromatic carbocycles. The van der Waals surface area contributed by atoms with E-state index in [1.54, 1.807) is 23.6 Å². The maximum Gasteiger partial charge on any atom is 0.216 e. The van der Waals surface area contributed by atoms with Gasteiger partial charge in [0, 0.05) is 36.8 Å². The summed E-state index contributed by atoms with van der Waals surface area (Å²) in [5.41, 5.74) is 0.539. The van der Waals surface area contributed by atoms with Crippen molar-refractivity contribution >= 4 is 31.8 Å². The van der Waals surface area contributed by atoms with E-state index in [9.17, 15) is 13.7 Å². The molecule has 0 unspecified atom stereocenters. The first-order valence-electron chi connectivity index (χ1n) is 7.71. The van der Waals surface area contributed by atoms with Crippen LogP contribution in [0.3, 0.4) is 0 Å². The second kappa shape index (κ2) is 6.38. The Morgan fingerprint density at radius 2 is 2.00 bits per heavy atom. The molecule has 1 saturated carbocycles. The molecule has 1 aliphatic heterocycles. The molecule has 0 amide bonds. The fourth-order valence-corrected chi connectivity index (χ4v) is 5.18. The number of nitriles is 1. The molecule has 23 heavy (non-hydrogen) atoms. The van der Waals surface area contributed by atoms with Crippen molar-refractivity contribution in [3.63, 3.8) is 0 Å². The zero-order valence-electron chi connectivity index (χ0n) is 12.9. The largest absolute Gasteiger partial charge is 0.355 e. The van der Waals surface area contributed by atoms with Gasteiger partial charge in [0.15, 0.2) is 0 Å². The van der Waals surface area contributed by atoms with Crippen LogP contribution in [0.15, 0.2) is 16.7 Å². The fraction of sp³-hybridized carbons (Fsp3) is 0.600. The lowest BCUT2D eigenvalue weighted by Gasteiger charge is -2.37. The van der Waals surface area contributed by atoms with Gasteiger partial charge in [-0.25, -0.2) is 17.7 Å². The molecule has 0 radical (unpaired) electrons. The van der Waals surface area contributed by atoms with Crippen LogP contribution in [-0.4, -0.2) is 49.1 Å². The molecule has 1 saturated heterocycles. The van der Waals surface area contributed by atoms with Crippen molar-refractivity contribution < 1.29 is 8.42 Å². The van der Waals surface area contributed by atoms with E-state index in [4.69, 9.17) is 0 Å². The lowest BCUT2D eigenvalue weighted by atomic mass is 10.0. The van der Waals surface area contributed by atoms with Gasteiger partial charge in [-0.2, -0.15) is 5.26 Å². The summed E-state index contributed by atoms with van der Waals surface area (Å²) in [5, 5.41) is 9.10. The number of aromatic nitrogens is 1. The zero-order valence-corrected chi connectivity index (χ0v) is 15.3. The molecule has 0 bridgehead atoms. The molecular weight excluding hydrogens is 380 g/mol. The van der Waals surface area contributed by atoms with E-state index >= 15 is 0 Å². The number of nitrogens with zero attached hydrogens (tertiary/aromatic N) is 4. The lowest BCUT2D eigenvalue weighted by Crippen LogP contribution is -2.46. The van der Waals surface area contributed by atoms with E-state index in [1.165, 1.54) is 0 Å². The van der Waals surface area contributed by atoms with E-state index in [0.29, 0.717) is 24.5 Å². The lowest BCUT2D eigenvalue weighted by molar-refractivity contribution is 0.311.